The Hall–Kier alpha value is -2.70. The Morgan fingerprint density at radius 3 is 2.59 bits per heavy atom. The van der Waals surface area contributed by atoms with E-state index in [0.717, 1.165) is 22.1 Å². The first kappa shape index (κ1) is 22.6. The van der Waals surface area contributed by atoms with E-state index in [1.807, 2.05) is 4.72 Å². The molecule has 0 unspecified atom stereocenters. The van der Waals surface area contributed by atoms with E-state index < -0.39 is 35.1 Å². The van der Waals surface area contributed by atoms with E-state index in [9.17, 15) is 27.6 Å². The molecule has 29 heavy (non-hydrogen) atoms. The Balaban J connectivity index is 1.64. The third kappa shape index (κ3) is 8.05. The molecular formula is C17H19N3O7S2. The molecule has 2 rings (SSSR count). The smallest absolute Gasteiger partial charge is 0.321 e. The minimum Gasteiger partial charge on any atom is -0.455 e. The molecule has 0 atom stereocenters. The molecule has 12 heteroatoms. The highest BCUT2D eigenvalue weighted by Gasteiger charge is 2.29. The topological polar surface area (TPSA) is 139 Å². The SMILES string of the molecule is O=C(COC(=O)CNS(=O)(=O)C=Cc1ccccc1)NCCN1C(=O)CSC1=O. The van der Waals surface area contributed by atoms with Crippen LogP contribution in [0, 0.1) is 0 Å². The summed E-state index contributed by atoms with van der Waals surface area (Å²) in [4.78, 5) is 47.0. The van der Waals surface area contributed by atoms with Crippen LogP contribution in [0.3, 0.4) is 0 Å². The second-order valence-electron chi connectivity index (χ2n) is 5.69. The van der Waals surface area contributed by atoms with Crippen LogP contribution in [0.5, 0.6) is 0 Å². The predicted octanol–water partition coefficient (Wildman–Crippen LogP) is -0.0685. The second-order valence-corrected chi connectivity index (χ2v) is 8.27. The van der Waals surface area contributed by atoms with Crippen LogP contribution in [0.2, 0.25) is 0 Å². The quantitative estimate of drug-likeness (QED) is 0.481. The van der Waals surface area contributed by atoms with Gasteiger partial charge in [0, 0.05) is 18.5 Å². The molecule has 0 bridgehead atoms. The van der Waals surface area contributed by atoms with E-state index >= 15 is 0 Å². The van der Waals surface area contributed by atoms with Gasteiger partial charge in [-0.25, -0.2) is 13.1 Å². The first-order valence-electron chi connectivity index (χ1n) is 8.39. The van der Waals surface area contributed by atoms with Gasteiger partial charge < -0.3 is 10.1 Å². The number of imide groups is 1. The van der Waals surface area contributed by atoms with Crippen LogP contribution >= 0.6 is 11.8 Å². The molecule has 0 aliphatic carbocycles. The molecule has 1 heterocycles. The molecule has 1 fully saturated rings. The van der Waals surface area contributed by atoms with Gasteiger partial charge in [0.25, 0.3) is 11.1 Å². The molecule has 0 saturated carbocycles. The lowest BCUT2D eigenvalue weighted by molar-refractivity contribution is -0.147. The number of sulfonamides is 1. The zero-order chi connectivity index (χ0) is 21.3. The average Bonchev–Trinajstić information content (AvgIpc) is 3.02. The highest BCUT2D eigenvalue weighted by Crippen LogP contribution is 2.17. The fourth-order valence-electron chi connectivity index (χ4n) is 2.09. The van der Waals surface area contributed by atoms with Crippen LogP contribution in [-0.2, 0) is 29.1 Å². The number of nitrogens with one attached hydrogen (secondary N) is 2. The predicted molar refractivity (Wildman–Crippen MR) is 106 cm³/mol. The number of rotatable bonds is 10. The van der Waals surface area contributed by atoms with Crippen molar-refractivity contribution in [2.24, 2.45) is 0 Å². The van der Waals surface area contributed by atoms with Crippen molar-refractivity contribution in [1.82, 2.24) is 14.9 Å². The zero-order valence-corrected chi connectivity index (χ0v) is 16.8. The highest BCUT2D eigenvalue weighted by molar-refractivity contribution is 8.14. The Bertz CT molecular complexity index is 885. The summed E-state index contributed by atoms with van der Waals surface area (Å²) in [7, 11) is -3.85. The van der Waals surface area contributed by atoms with Crippen LogP contribution in [0.25, 0.3) is 6.08 Å². The molecule has 3 amide bonds. The first-order chi connectivity index (χ1) is 13.8. The molecule has 1 saturated heterocycles. The van der Waals surface area contributed by atoms with Gasteiger partial charge in [-0.15, -0.1) is 0 Å². The van der Waals surface area contributed by atoms with Gasteiger partial charge in [-0.2, -0.15) is 0 Å². The van der Waals surface area contributed by atoms with Crippen molar-refractivity contribution in [1.29, 1.82) is 0 Å². The zero-order valence-electron chi connectivity index (χ0n) is 15.2. The molecule has 0 spiro atoms. The number of amides is 3. The number of hydrogen-bond acceptors (Lipinski definition) is 8. The van der Waals surface area contributed by atoms with E-state index in [1.54, 1.807) is 30.3 Å². The van der Waals surface area contributed by atoms with Crippen LogP contribution < -0.4 is 10.0 Å². The van der Waals surface area contributed by atoms with Crippen molar-refractivity contribution in [2.45, 2.75) is 0 Å². The number of thioether (sulfide) groups is 1. The summed E-state index contributed by atoms with van der Waals surface area (Å²) < 4.78 is 30.4. The summed E-state index contributed by atoms with van der Waals surface area (Å²) in [5.74, 6) is -1.81. The Labute approximate surface area is 171 Å². The van der Waals surface area contributed by atoms with Crippen molar-refractivity contribution in [3.63, 3.8) is 0 Å². The molecule has 156 valence electrons. The summed E-state index contributed by atoms with van der Waals surface area (Å²) in [5, 5.41) is 2.94. The Kier molecular flexibility index (Phi) is 8.36. The summed E-state index contributed by atoms with van der Waals surface area (Å²) in [6.07, 6.45) is 1.37. The second kappa shape index (κ2) is 10.7. The summed E-state index contributed by atoms with van der Waals surface area (Å²) >= 11 is 0.891. The summed E-state index contributed by atoms with van der Waals surface area (Å²) in [6, 6.07) is 8.73. The monoisotopic (exact) mass is 441 g/mol. The molecule has 1 aromatic carbocycles. The molecule has 1 aliphatic rings. The summed E-state index contributed by atoms with van der Waals surface area (Å²) in [5.41, 5.74) is 0.674. The lowest BCUT2D eigenvalue weighted by atomic mass is 10.2. The lowest BCUT2D eigenvalue weighted by Crippen LogP contribution is -2.39. The standard InChI is InChI=1S/C17H19N3O7S2/c21-14(18-7-8-20-15(22)12-28-17(20)24)11-27-16(23)10-19-29(25,26)9-6-13-4-2-1-3-5-13/h1-6,9,19H,7-8,10-12H2,(H,18,21). The van der Waals surface area contributed by atoms with Crippen molar-refractivity contribution < 1.29 is 32.3 Å². The van der Waals surface area contributed by atoms with E-state index in [0.29, 0.717) is 5.56 Å². The number of ether oxygens (including phenoxy) is 1. The van der Waals surface area contributed by atoms with Gasteiger partial charge in [-0.3, -0.25) is 24.1 Å². The maximum atomic E-state index is 11.8. The average molecular weight is 441 g/mol. The number of hydrogen-bond donors (Lipinski definition) is 2. The molecule has 1 aromatic rings. The fourth-order valence-corrected chi connectivity index (χ4v) is 3.60. The number of esters is 1. The van der Waals surface area contributed by atoms with Gasteiger partial charge in [0.2, 0.25) is 15.9 Å². The van der Waals surface area contributed by atoms with Crippen molar-refractivity contribution in [2.75, 3.05) is 32.0 Å². The van der Waals surface area contributed by atoms with E-state index in [2.05, 4.69) is 10.1 Å². The fraction of sp³-hybridized carbons (Fsp3) is 0.294. The molecule has 10 nitrogen and oxygen atoms in total. The molecule has 0 radical (unpaired) electrons. The molecule has 2 N–H and O–H groups in total. The van der Waals surface area contributed by atoms with Crippen LogP contribution in [0.1, 0.15) is 5.56 Å². The van der Waals surface area contributed by atoms with Crippen LogP contribution in [0.15, 0.2) is 35.7 Å². The van der Waals surface area contributed by atoms with E-state index in [1.165, 1.54) is 6.08 Å². The lowest BCUT2D eigenvalue weighted by Gasteiger charge is -2.13. The Morgan fingerprint density at radius 2 is 1.93 bits per heavy atom. The van der Waals surface area contributed by atoms with Gasteiger partial charge in [-0.05, 0) is 11.6 Å². The highest BCUT2D eigenvalue weighted by atomic mass is 32.2. The van der Waals surface area contributed by atoms with Crippen molar-refractivity contribution >= 4 is 50.9 Å². The van der Waals surface area contributed by atoms with Gasteiger partial charge in [0.15, 0.2) is 6.61 Å². The van der Waals surface area contributed by atoms with Crippen LogP contribution in [-0.4, -0.2) is 68.3 Å². The summed E-state index contributed by atoms with van der Waals surface area (Å²) in [6.45, 7) is -1.21. The van der Waals surface area contributed by atoms with Crippen molar-refractivity contribution in [3.8, 4) is 0 Å². The number of nitrogens with zero attached hydrogens (tertiary/aromatic N) is 1. The third-order valence-electron chi connectivity index (χ3n) is 3.52. The normalized spacial score (nSPS) is 14.4. The van der Waals surface area contributed by atoms with Gasteiger partial charge >= 0.3 is 5.97 Å². The number of benzene rings is 1. The molecule has 1 aliphatic heterocycles. The largest absolute Gasteiger partial charge is 0.455 e. The Morgan fingerprint density at radius 1 is 1.21 bits per heavy atom. The number of carbonyl (C=O) groups excluding carboxylic acids is 4. The minimum absolute atomic E-state index is 0.0192. The minimum atomic E-state index is -3.85. The van der Waals surface area contributed by atoms with E-state index in [-0.39, 0.29) is 30.0 Å². The third-order valence-corrected chi connectivity index (χ3v) is 5.42. The van der Waals surface area contributed by atoms with Crippen molar-refractivity contribution in [3.05, 3.63) is 41.3 Å². The van der Waals surface area contributed by atoms with Crippen LogP contribution in [0.4, 0.5) is 4.79 Å². The maximum absolute atomic E-state index is 11.8. The van der Waals surface area contributed by atoms with Gasteiger partial charge in [0.1, 0.15) is 6.54 Å². The van der Waals surface area contributed by atoms with E-state index in [4.69, 9.17) is 0 Å². The van der Waals surface area contributed by atoms with Gasteiger partial charge in [0.05, 0.1) is 5.75 Å². The molecular weight excluding hydrogens is 422 g/mol. The number of carbonyl (C=O) groups is 4. The van der Waals surface area contributed by atoms with Gasteiger partial charge in [-0.1, -0.05) is 42.1 Å². The molecule has 0 aromatic heterocycles. The first-order valence-corrected chi connectivity index (χ1v) is 10.9. The maximum Gasteiger partial charge on any atom is 0.321 e.